The standard InChI is InChI=1S/C8H14/c1-4-5-8(3)6-7(8)2/h2,4-6H2,1,3H3. The molecular formula is C8H14. The third-order valence-electron chi connectivity index (χ3n) is 2.13. The van der Waals surface area contributed by atoms with Gasteiger partial charge in [0, 0.05) is 0 Å². The van der Waals surface area contributed by atoms with Crippen LogP contribution in [0, 0.1) is 5.41 Å². The second-order valence-corrected chi connectivity index (χ2v) is 3.09. The van der Waals surface area contributed by atoms with Crippen molar-refractivity contribution in [1.29, 1.82) is 0 Å². The van der Waals surface area contributed by atoms with E-state index in [1.807, 2.05) is 0 Å². The van der Waals surface area contributed by atoms with Gasteiger partial charge >= 0.3 is 0 Å². The molecule has 0 aliphatic heterocycles. The molecule has 0 aromatic rings. The molecule has 8 heavy (non-hydrogen) atoms. The number of hydrogen-bond donors (Lipinski definition) is 0. The summed E-state index contributed by atoms with van der Waals surface area (Å²) in [6, 6.07) is 0. The molecule has 0 bridgehead atoms. The monoisotopic (exact) mass is 110 g/mol. The lowest BCUT2D eigenvalue weighted by molar-refractivity contribution is 0.535. The lowest BCUT2D eigenvalue weighted by Crippen LogP contribution is -1.89. The minimum absolute atomic E-state index is 0.564. The molecule has 1 aliphatic carbocycles. The molecule has 1 aliphatic rings. The lowest BCUT2D eigenvalue weighted by Gasteiger charge is -2.01. The Morgan fingerprint density at radius 1 is 1.75 bits per heavy atom. The van der Waals surface area contributed by atoms with E-state index in [1.54, 1.807) is 0 Å². The topological polar surface area (TPSA) is 0 Å². The first kappa shape index (κ1) is 5.87. The van der Waals surface area contributed by atoms with Gasteiger partial charge in [0.15, 0.2) is 0 Å². The van der Waals surface area contributed by atoms with Crippen LogP contribution in [0.2, 0.25) is 0 Å². The summed E-state index contributed by atoms with van der Waals surface area (Å²) in [5.74, 6) is 0. The van der Waals surface area contributed by atoms with Gasteiger partial charge in [0.1, 0.15) is 0 Å². The van der Waals surface area contributed by atoms with E-state index in [-0.39, 0.29) is 0 Å². The molecule has 0 aromatic carbocycles. The predicted molar refractivity (Wildman–Crippen MR) is 36.8 cm³/mol. The van der Waals surface area contributed by atoms with E-state index in [4.69, 9.17) is 0 Å². The van der Waals surface area contributed by atoms with Gasteiger partial charge in [-0.15, -0.1) is 0 Å². The van der Waals surface area contributed by atoms with Crippen molar-refractivity contribution in [2.45, 2.75) is 33.1 Å². The van der Waals surface area contributed by atoms with E-state index in [2.05, 4.69) is 20.4 Å². The highest BCUT2D eigenvalue weighted by Crippen LogP contribution is 2.53. The van der Waals surface area contributed by atoms with E-state index >= 15 is 0 Å². The third-order valence-corrected chi connectivity index (χ3v) is 2.13. The summed E-state index contributed by atoms with van der Waals surface area (Å²) >= 11 is 0. The van der Waals surface area contributed by atoms with Crippen molar-refractivity contribution in [3.8, 4) is 0 Å². The van der Waals surface area contributed by atoms with Gasteiger partial charge in [0.25, 0.3) is 0 Å². The SMILES string of the molecule is C=C1CC1(C)CCC. The Labute approximate surface area is 51.6 Å². The van der Waals surface area contributed by atoms with Crippen LogP contribution in [-0.2, 0) is 0 Å². The second-order valence-electron chi connectivity index (χ2n) is 3.09. The summed E-state index contributed by atoms with van der Waals surface area (Å²) in [7, 11) is 0. The van der Waals surface area contributed by atoms with Gasteiger partial charge in [-0.05, 0) is 18.3 Å². The van der Waals surface area contributed by atoms with Gasteiger partial charge in [0.05, 0.1) is 0 Å². The summed E-state index contributed by atoms with van der Waals surface area (Å²) in [5.41, 5.74) is 2.02. The van der Waals surface area contributed by atoms with Gasteiger partial charge in [-0.3, -0.25) is 0 Å². The number of rotatable bonds is 2. The zero-order valence-electron chi connectivity index (χ0n) is 5.83. The Balaban J connectivity index is 2.35. The van der Waals surface area contributed by atoms with Crippen LogP contribution in [-0.4, -0.2) is 0 Å². The molecular weight excluding hydrogens is 96.1 g/mol. The molecule has 0 radical (unpaired) electrons. The summed E-state index contributed by atoms with van der Waals surface area (Å²) in [6.07, 6.45) is 3.92. The van der Waals surface area contributed by atoms with Gasteiger partial charge in [-0.25, -0.2) is 0 Å². The molecule has 1 unspecified atom stereocenters. The fourth-order valence-electron chi connectivity index (χ4n) is 1.24. The van der Waals surface area contributed by atoms with Gasteiger partial charge < -0.3 is 0 Å². The van der Waals surface area contributed by atoms with Crippen LogP contribution < -0.4 is 0 Å². The Morgan fingerprint density at radius 3 is 2.38 bits per heavy atom. The quantitative estimate of drug-likeness (QED) is 0.479. The predicted octanol–water partition coefficient (Wildman–Crippen LogP) is 2.75. The summed E-state index contributed by atoms with van der Waals surface area (Å²) in [4.78, 5) is 0. The van der Waals surface area contributed by atoms with Crippen LogP contribution in [0.15, 0.2) is 12.2 Å². The Kier molecular flexibility index (Phi) is 1.18. The Morgan fingerprint density at radius 2 is 2.25 bits per heavy atom. The van der Waals surface area contributed by atoms with Gasteiger partial charge in [-0.2, -0.15) is 0 Å². The normalized spacial score (nSPS) is 35.5. The van der Waals surface area contributed by atoms with Crippen molar-refractivity contribution < 1.29 is 0 Å². The van der Waals surface area contributed by atoms with Crippen LogP contribution in [0.4, 0.5) is 0 Å². The van der Waals surface area contributed by atoms with Crippen LogP contribution in [0.25, 0.3) is 0 Å². The zero-order chi connectivity index (χ0) is 6.20. The molecule has 1 atom stereocenters. The molecule has 0 saturated heterocycles. The maximum atomic E-state index is 3.94. The van der Waals surface area contributed by atoms with E-state index in [0.717, 1.165) is 0 Å². The maximum Gasteiger partial charge on any atom is -0.00816 e. The molecule has 0 nitrogen and oxygen atoms in total. The molecule has 1 fully saturated rings. The van der Waals surface area contributed by atoms with Crippen LogP contribution in [0.5, 0.6) is 0 Å². The fourth-order valence-corrected chi connectivity index (χ4v) is 1.24. The highest BCUT2D eigenvalue weighted by molar-refractivity contribution is 5.27. The van der Waals surface area contributed by atoms with Crippen molar-refractivity contribution in [3.05, 3.63) is 12.2 Å². The molecule has 0 aromatic heterocycles. The molecule has 0 amide bonds. The van der Waals surface area contributed by atoms with Crippen LogP contribution >= 0.6 is 0 Å². The first-order valence-electron chi connectivity index (χ1n) is 3.37. The summed E-state index contributed by atoms with van der Waals surface area (Å²) < 4.78 is 0. The molecule has 0 heteroatoms. The van der Waals surface area contributed by atoms with Crippen molar-refractivity contribution >= 4 is 0 Å². The molecule has 46 valence electrons. The lowest BCUT2D eigenvalue weighted by atomic mass is 10.0. The maximum absolute atomic E-state index is 3.94. The van der Waals surface area contributed by atoms with Crippen molar-refractivity contribution in [3.63, 3.8) is 0 Å². The zero-order valence-corrected chi connectivity index (χ0v) is 5.83. The van der Waals surface area contributed by atoms with Crippen LogP contribution in [0.3, 0.4) is 0 Å². The van der Waals surface area contributed by atoms with E-state index in [1.165, 1.54) is 24.8 Å². The van der Waals surface area contributed by atoms with E-state index < -0.39 is 0 Å². The minimum Gasteiger partial charge on any atom is -0.0993 e. The molecule has 0 spiro atoms. The van der Waals surface area contributed by atoms with Gasteiger partial charge in [-0.1, -0.05) is 32.4 Å². The molecule has 0 N–H and O–H groups in total. The minimum atomic E-state index is 0.564. The Hall–Kier alpha value is -0.260. The Bertz CT molecular complexity index is 113. The summed E-state index contributed by atoms with van der Waals surface area (Å²) in [6.45, 7) is 8.48. The van der Waals surface area contributed by atoms with E-state index in [9.17, 15) is 0 Å². The van der Waals surface area contributed by atoms with E-state index in [0.29, 0.717) is 5.41 Å². The van der Waals surface area contributed by atoms with Crippen molar-refractivity contribution in [2.75, 3.05) is 0 Å². The summed E-state index contributed by atoms with van der Waals surface area (Å²) in [5, 5.41) is 0. The van der Waals surface area contributed by atoms with Crippen molar-refractivity contribution in [1.82, 2.24) is 0 Å². The van der Waals surface area contributed by atoms with Crippen LogP contribution in [0.1, 0.15) is 33.1 Å². The first-order chi connectivity index (χ1) is 3.69. The second kappa shape index (κ2) is 1.61. The fraction of sp³-hybridized carbons (Fsp3) is 0.750. The average Bonchev–Trinajstić information content (AvgIpc) is 2.16. The average molecular weight is 110 g/mol. The molecule has 1 rings (SSSR count). The highest BCUT2D eigenvalue weighted by atomic mass is 14.4. The van der Waals surface area contributed by atoms with Gasteiger partial charge in [0.2, 0.25) is 0 Å². The largest absolute Gasteiger partial charge is 0.0993 e. The smallest absolute Gasteiger partial charge is 0.00816 e. The highest BCUT2D eigenvalue weighted by Gasteiger charge is 2.40. The molecule has 0 heterocycles. The number of hydrogen-bond acceptors (Lipinski definition) is 0. The third kappa shape index (κ3) is 0.795. The van der Waals surface area contributed by atoms with Crippen molar-refractivity contribution in [2.24, 2.45) is 5.41 Å². The first-order valence-corrected chi connectivity index (χ1v) is 3.37. The number of allylic oxidation sites excluding steroid dienone is 1. The molecule has 1 saturated carbocycles.